The van der Waals surface area contributed by atoms with Crippen molar-refractivity contribution in [3.63, 3.8) is 0 Å². The maximum atomic E-state index is 6.10. The van der Waals surface area contributed by atoms with Gasteiger partial charge < -0.3 is 5.32 Å². The van der Waals surface area contributed by atoms with Gasteiger partial charge >= 0.3 is 0 Å². The Labute approximate surface area is 106 Å². The van der Waals surface area contributed by atoms with Crippen LogP contribution in [-0.2, 0) is 6.54 Å². The molecular formula is C13H14ClN3. The first-order valence-electron chi connectivity index (χ1n) is 5.44. The first kappa shape index (κ1) is 11.9. The molecule has 3 nitrogen and oxygen atoms in total. The van der Waals surface area contributed by atoms with Gasteiger partial charge in [0.15, 0.2) is 0 Å². The van der Waals surface area contributed by atoms with Crippen LogP contribution in [0.25, 0.3) is 0 Å². The van der Waals surface area contributed by atoms with Gasteiger partial charge in [-0.3, -0.25) is 0 Å². The van der Waals surface area contributed by atoms with E-state index in [0.29, 0.717) is 6.54 Å². The summed E-state index contributed by atoms with van der Waals surface area (Å²) in [6.45, 7) is 4.56. The topological polar surface area (TPSA) is 37.8 Å². The standard InChI is InChI=1S/C13H14ClN3/c1-9-3-4-12(14)13(7-9)16-8-11-5-6-15-10(2)17-11/h3-7,16H,8H2,1-2H3. The van der Waals surface area contributed by atoms with Crippen LogP contribution in [0.5, 0.6) is 0 Å². The summed E-state index contributed by atoms with van der Waals surface area (Å²) in [7, 11) is 0. The fourth-order valence-electron chi connectivity index (χ4n) is 1.56. The molecule has 2 aromatic rings. The first-order valence-corrected chi connectivity index (χ1v) is 5.81. The van der Waals surface area contributed by atoms with E-state index in [0.717, 1.165) is 22.2 Å². The molecule has 1 N–H and O–H groups in total. The minimum Gasteiger partial charge on any atom is -0.378 e. The summed E-state index contributed by atoms with van der Waals surface area (Å²) in [6, 6.07) is 7.80. The van der Waals surface area contributed by atoms with Gasteiger partial charge in [0.25, 0.3) is 0 Å². The highest BCUT2D eigenvalue weighted by Gasteiger charge is 2.01. The van der Waals surface area contributed by atoms with E-state index < -0.39 is 0 Å². The zero-order chi connectivity index (χ0) is 12.3. The van der Waals surface area contributed by atoms with Crippen molar-refractivity contribution in [1.29, 1.82) is 0 Å². The molecule has 0 saturated heterocycles. The van der Waals surface area contributed by atoms with E-state index in [-0.39, 0.29) is 0 Å². The second-order valence-electron chi connectivity index (χ2n) is 3.93. The van der Waals surface area contributed by atoms with E-state index >= 15 is 0 Å². The van der Waals surface area contributed by atoms with Crippen LogP contribution in [0.15, 0.2) is 30.5 Å². The molecule has 0 aliphatic heterocycles. The molecule has 0 bridgehead atoms. The van der Waals surface area contributed by atoms with Crippen molar-refractivity contribution < 1.29 is 0 Å². The van der Waals surface area contributed by atoms with E-state index in [1.54, 1.807) is 6.20 Å². The maximum absolute atomic E-state index is 6.10. The van der Waals surface area contributed by atoms with Crippen molar-refractivity contribution in [2.24, 2.45) is 0 Å². The van der Waals surface area contributed by atoms with Crippen LogP contribution in [-0.4, -0.2) is 9.97 Å². The zero-order valence-electron chi connectivity index (χ0n) is 9.87. The number of benzene rings is 1. The summed E-state index contributed by atoms with van der Waals surface area (Å²) in [4.78, 5) is 8.39. The number of nitrogens with zero attached hydrogens (tertiary/aromatic N) is 2. The monoisotopic (exact) mass is 247 g/mol. The summed E-state index contributed by atoms with van der Waals surface area (Å²) in [5.41, 5.74) is 3.06. The van der Waals surface area contributed by atoms with Crippen LogP contribution in [0, 0.1) is 13.8 Å². The fourth-order valence-corrected chi connectivity index (χ4v) is 1.75. The van der Waals surface area contributed by atoms with Gasteiger partial charge in [0.05, 0.1) is 22.9 Å². The van der Waals surface area contributed by atoms with Crippen LogP contribution in [0.3, 0.4) is 0 Å². The average molecular weight is 248 g/mol. The fraction of sp³-hybridized carbons (Fsp3) is 0.231. The molecule has 0 aliphatic carbocycles. The Bertz CT molecular complexity index is 526. The minimum atomic E-state index is 0.645. The normalized spacial score (nSPS) is 10.3. The Morgan fingerprint density at radius 1 is 1.24 bits per heavy atom. The molecule has 1 heterocycles. The summed E-state index contributed by atoms with van der Waals surface area (Å²) >= 11 is 6.10. The molecule has 2 rings (SSSR count). The number of nitrogens with one attached hydrogen (secondary N) is 1. The van der Waals surface area contributed by atoms with Crippen LogP contribution in [0.4, 0.5) is 5.69 Å². The van der Waals surface area contributed by atoms with E-state index in [1.807, 2.05) is 38.1 Å². The van der Waals surface area contributed by atoms with Gasteiger partial charge in [-0.2, -0.15) is 0 Å². The Balaban J connectivity index is 2.09. The Morgan fingerprint density at radius 2 is 2.06 bits per heavy atom. The Morgan fingerprint density at radius 3 is 2.82 bits per heavy atom. The lowest BCUT2D eigenvalue weighted by molar-refractivity contribution is 0.955. The number of aryl methyl sites for hydroxylation is 2. The Kier molecular flexibility index (Phi) is 3.59. The summed E-state index contributed by atoms with van der Waals surface area (Å²) in [5.74, 6) is 0.777. The molecule has 0 fully saturated rings. The lowest BCUT2D eigenvalue weighted by Crippen LogP contribution is -2.03. The van der Waals surface area contributed by atoms with Gasteiger partial charge in [-0.1, -0.05) is 17.7 Å². The predicted octanol–water partition coefficient (Wildman–Crippen LogP) is 3.36. The molecular weight excluding hydrogens is 234 g/mol. The molecule has 0 radical (unpaired) electrons. The molecule has 17 heavy (non-hydrogen) atoms. The van der Waals surface area contributed by atoms with Crippen LogP contribution in [0.1, 0.15) is 17.1 Å². The highest BCUT2D eigenvalue weighted by atomic mass is 35.5. The highest BCUT2D eigenvalue weighted by Crippen LogP contribution is 2.23. The van der Waals surface area contributed by atoms with E-state index in [4.69, 9.17) is 11.6 Å². The molecule has 0 amide bonds. The molecule has 4 heteroatoms. The van der Waals surface area contributed by atoms with Crippen molar-refractivity contribution in [3.8, 4) is 0 Å². The van der Waals surface area contributed by atoms with Gasteiger partial charge in [0.2, 0.25) is 0 Å². The highest BCUT2D eigenvalue weighted by molar-refractivity contribution is 6.33. The lowest BCUT2D eigenvalue weighted by Gasteiger charge is -2.09. The van der Waals surface area contributed by atoms with Crippen molar-refractivity contribution in [2.45, 2.75) is 20.4 Å². The van der Waals surface area contributed by atoms with Gasteiger partial charge in [-0.15, -0.1) is 0 Å². The molecule has 88 valence electrons. The number of hydrogen-bond acceptors (Lipinski definition) is 3. The van der Waals surface area contributed by atoms with E-state index in [1.165, 1.54) is 5.56 Å². The lowest BCUT2D eigenvalue weighted by atomic mass is 10.2. The van der Waals surface area contributed by atoms with Crippen molar-refractivity contribution in [2.75, 3.05) is 5.32 Å². The molecule has 0 aliphatic rings. The number of hydrogen-bond donors (Lipinski definition) is 1. The maximum Gasteiger partial charge on any atom is 0.125 e. The van der Waals surface area contributed by atoms with Crippen LogP contribution >= 0.6 is 11.6 Å². The molecule has 1 aromatic heterocycles. The van der Waals surface area contributed by atoms with Crippen LogP contribution in [0.2, 0.25) is 5.02 Å². The minimum absolute atomic E-state index is 0.645. The number of rotatable bonds is 3. The third-order valence-electron chi connectivity index (χ3n) is 2.42. The number of aromatic nitrogens is 2. The molecule has 1 aromatic carbocycles. The molecule has 0 atom stereocenters. The van der Waals surface area contributed by atoms with Crippen LogP contribution < -0.4 is 5.32 Å². The van der Waals surface area contributed by atoms with Gasteiger partial charge in [-0.25, -0.2) is 9.97 Å². The van der Waals surface area contributed by atoms with Gasteiger partial charge in [0.1, 0.15) is 5.82 Å². The third-order valence-corrected chi connectivity index (χ3v) is 2.75. The first-order chi connectivity index (χ1) is 8.15. The third kappa shape index (κ3) is 3.17. The quantitative estimate of drug-likeness (QED) is 0.904. The number of halogens is 1. The van der Waals surface area contributed by atoms with Crippen molar-refractivity contribution >= 4 is 17.3 Å². The second-order valence-corrected chi connectivity index (χ2v) is 4.34. The molecule has 0 unspecified atom stereocenters. The molecule has 0 saturated carbocycles. The van der Waals surface area contributed by atoms with Gasteiger partial charge in [-0.05, 0) is 37.6 Å². The summed E-state index contributed by atoms with van der Waals surface area (Å²) in [6.07, 6.45) is 1.76. The van der Waals surface area contributed by atoms with Crippen molar-refractivity contribution in [1.82, 2.24) is 9.97 Å². The van der Waals surface area contributed by atoms with Gasteiger partial charge in [0, 0.05) is 6.20 Å². The second kappa shape index (κ2) is 5.15. The summed E-state index contributed by atoms with van der Waals surface area (Å²) in [5, 5.41) is 4.00. The predicted molar refractivity (Wildman–Crippen MR) is 70.3 cm³/mol. The SMILES string of the molecule is Cc1ccc(Cl)c(NCc2ccnc(C)n2)c1. The molecule has 0 spiro atoms. The number of anilines is 1. The zero-order valence-corrected chi connectivity index (χ0v) is 10.6. The largest absolute Gasteiger partial charge is 0.378 e. The van der Waals surface area contributed by atoms with E-state index in [2.05, 4.69) is 15.3 Å². The van der Waals surface area contributed by atoms with E-state index in [9.17, 15) is 0 Å². The summed E-state index contributed by atoms with van der Waals surface area (Å²) < 4.78 is 0. The van der Waals surface area contributed by atoms with Crippen molar-refractivity contribution in [3.05, 3.63) is 52.6 Å². The smallest absolute Gasteiger partial charge is 0.125 e. The Hall–Kier alpha value is -1.61. The average Bonchev–Trinajstić information content (AvgIpc) is 2.30.